The summed E-state index contributed by atoms with van der Waals surface area (Å²) in [6.07, 6.45) is 0. The molecule has 2 aromatic carbocycles. The van der Waals surface area contributed by atoms with Crippen molar-refractivity contribution in [2.75, 3.05) is 0 Å². The summed E-state index contributed by atoms with van der Waals surface area (Å²) in [7, 11) is 0. The van der Waals surface area contributed by atoms with Crippen LogP contribution in [0.3, 0.4) is 0 Å². The Balaban J connectivity index is 2.50. The number of carboxylic acid groups (broad SMARTS) is 2. The van der Waals surface area contributed by atoms with Crippen LogP contribution in [0.15, 0.2) is 46.2 Å². The highest BCUT2D eigenvalue weighted by Gasteiger charge is 2.19. The Morgan fingerprint density at radius 2 is 1.52 bits per heavy atom. The van der Waals surface area contributed by atoms with E-state index < -0.39 is 28.4 Å². The number of rotatable bonds is 5. The van der Waals surface area contributed by atoms with E-state index in [9.17, 15) is 24.1 Å². The third-order valence-electron chi connectivity index (χ3n) is 2.80. The summed E-state index contributed by atoms with van der Waals surface area (Å²) in [6.45, 7) is 0. The molecule has 0 aliphatic carbocycles. The van der Waals surface area contributed by atoms with Crippen molar-refractivity contribution in [3.05, 3.63) is 63.5 Å². The van der Waals surface area contributed by atoms with Gasteiger partial charge >= 0.3 is 11.9 Å². The van der Waals surface area contributed by atoms with Crippen LogP contribution in [0.4, 0.5) is 10.1 Å². The highest BCUT2D eigenvalue weighted by molar-refractivity contribution is 7.99. The van der Waals surface area contributed by atoms with E-state index in [2.05, 4.69) is 0 Å². The SMILES string of the molecule is O=C(O)c1cc(F)ccc1Sc1ccc([N+](=O)[O-])cc1C(=O)O. The highest BCUT2D eigenvalue weighted by atomic mass is 32.2. The summed E-state index contributed by atoms with van der Waals surface area (Å²) in [6, 6.07) is 6.27. The van der Waals surface area contributed by atoms with Gasteiger partial charge in [-0.2, -0.15) is 0 Å². The van der Waals surface area contributed by atoms with E-state index in [4.69, 9.17) is 10.2 Å². The number of benzene rings is 2. The van der Waals surface area contributed by atoms with E-state index >= 15 is 0 Å². The average Bonchev–Trinajstić information content (AvgIpc) is 2.48. The zero-order chi connectivity index (χ0) is 17.1. The van der Waals surface area contributed by atoms with Crippen molar-refractivity contribution >= 4 is 29.4 Å². The summed E-state index contributed by atoms with van der Waals surface area (Å²) < 4.78 is 13.2. The lowest BCUT2D eigenvalue weighted by atomic mass is 10.2. The van der Waals surface area contributed by atoms with E-state index in [0.29, 0.717) is 0 Å². The minimum atomic E-state index is -1.39. The van der Waals surface area contributed by atoms with Crippen LogP contribution in [0.5, 0.6) is 0 Å². The van der Waals surface area contributed by atoms with Crippen LogP contribution in [0, 0.1) is 15.9 Å². The Labute approximate surface area is 132 Å². The van der Waals surface area contributed by atoms with Gasteiger partial charge in [0.25, 0.3) is 5.69 Å². The van der Waals surface area contributed by atoms with Crippen LogP contribution in [-0.4, -0.2) is 27.1 Å². The normalized spacial score (nSPS) is 10.3. The minimum Gasteiger partial charge on any atom is -0.478 e. The zero-order valence-electron chi connectivity index (χ0n) is 11.2. The summed E-state index contributed by atoms with van der Waals surface area (Å²) in [5, 5.41) is 29.0. The number of aromatic carboxylic acids is 2. The first kappa shape index (κ1) is 16.4. The third-order valence-corrected chi connectivity index (χ3v) is 3.95. The molecule has 2 aromatic rings. The van der Waals surface area contributed by atoms with Crippen molar-refractivity contribution in [3.8, 4) is 0 Å². The summed E-state index contributed by atoms with van der Waals surface area (Å²) in [5.74, 6) is -3.50. The molecule has 9 heteroatoms. The molecule has 0 amide bonds. The van der Waals surface area contributed by atoms with Crippen molar-refractivity contribution in [1.82, 2.24) is 0 Å². The molecule has 118 valence electrons. The fourth-order valence-corrected chi connectivity index (χ4v) is 2.79. The van der Waals surface area contributed by atoms with Gasteiger partial charge in [0.1, 0.15) is 5.82 Å². The van der Waals surface area contributed by atoms with Gasteiger partial charge in [-0.15, -0.1) is 0 Å². The third kappa shape index (κ3) is 3.64. The molecule has 0 atom stereocenters. The molecule has 0 saturated heterocycles. The Bertz CT molecular complexity index is 823. The number of non-ortho nitro benzene ring substituents is 1. The molecule has 0 unspecified atom stereocenters. The van der Waals surface area contributed by atoms with E-state index in [1.165, 1.54) is 12.1 Å². The van der Waals surface area contributed by atoms with Gasteiger partial charge in [0.15, 0.2) is 0 Å². The first-order valence-electron chi connectivity index (χ1n) is 6.02. The second-order valence-electron chi connectivity index (χ2n) is 4.29. The monoisotopic (exact) mass is 337 g/mol. The lowest BCUT2D eigenvalue weighted by Gasteiger charge is -2.08. The number of carbonyl (C=O) groups is 2. The molecule has 2 N–H and O–H groups in total. The smallest absolute Gasteiger partial charge is 0.337 e. The highest BCUT2D eigenvalue weighted by Crippen LogP contribution is 2.35. The minimum absolute atomic E-state index is 0.109. The van der Waals surface area contributed by atoms with Crippen molar-refractivity contribution in [2.24, 2.45) is 0 Å². The van der Waals surface area contributed by atoms with Crippen LogP contribution in [-0.2, 0) is 0 Å². The Morgan fingerprint density at radius 1 is 1.00 bits per heavy atom. The maximum atomic E-state index is 13.2. The van der Waals surface area contributed by atoms with Gasteiger partial charge in [-0.1, -0.05) is 11.8 Å². The Kier molecular flexibility index (Phi) is 4.60. The number of nitro benzene ring substituents is 1. The molecule has 2 rings (SSSR count). The number of hydrogen-bond donors (Lipinski definition) is 2. The van der Waals surface area contributed by atoms with Gasteiger partial charge < -0.3 is 10.2 Å². The zero-order valence-corrected chi connectivity index (χ0v) is 12.0. The summed E-state index contributed by atoms with van der Waals surface area (Å²) in [5.41, 5.74) is -1.07. The van der Waals surface area contributed by atoms with Crippen LogP contribution < -0.4 is 0 Å². The fraction of sp³-hybridized carbons (Fsp3) is 0. The topological polar surface area (TPSA) is 118 Å². The van der Waals surface area contributed by atoms with E-state index in [1.807, 2.05) is 0 Å². The van der Waals surface area contributed by atoms with Crippen molar-refractivity contribution in [1.29, 1.82) is 0 Å². The van der Waals surface area contributed by atoms with Crippen LogP contribution in [0.2, 0.25) is 0 Å². The van der Waals surface area contributed by atoms with Crippen LogP contribution in [0.1, 0.15) is 20.7 Å². The molecular weight excluding hydrogens is 329 g/mol. The van der Waals surface area contributed by atoms with E-state index in [0.717, 1.165) is 36.0 Å². The summed E-state index contributed by atoms with van der Waals surface area (Å²) >= 11 is 0.776. The molecule has 7 nitrogen and oxygen atoms in total. The summed E-state index contributed by atoms with van der Waals surface area (Å²) in [4.78, 5) is 32.6. The Morgan fingerprint density at radius 3 is 2.04 bits per heavy atom. The molecule has 0 fully saturated rings. The number of hydrogen-bond acceptors (Lipinski definition) is 5. The van der Waals surface area contributed by atoms with Crippen LogP contribution in [0.25, 0.3) is 0 Å². The molecule has 23 heavy (non-hydrogen) atoms. The second kappa shape index (κ2) is 6.44. The van der Waals surface area contributed by atoms with Gasteiger partial charge in [0.05, 0.1) is 16.1 Å². The number of nitro groups is 1. The van der Waals surface area contributed by atoms with Crippen molar-refractivity contribution in [2.45, 2.75) is 9.79 Å². The lowest BCUT2D eigenvalue weighted by molar-refractivity contribution is -0.384. The molecule has 0 aliphatic rings. The number of halogens is 1. The molecule has 0 bridgehead atoms. The van der Waals surface area contributed by atoms with Crippen LogP contribution >= 0.6 is 11.8 Å². The predicted octanol–water partition coefficient (Wildman–Crippen LogP) is 3.28. The van der Waals surface area contributed by atoms with Gasteiger partial charge in [0, 0.05) is 21.9 Å². The molecule has 0 saturated carbocycles. The average molecular weight is 337 g/mol. The molecule has 0 aromatic heterocycles. The van der Waals surface area contributed by atoms with Gasteiger partial charge in [0.2, 0.25) is 0 Å². The predicted molar refractivity (Wildman–Crippen MR) is 77.5 cm³/mol. The van der Waals surface area contributed by atoms with Crippen molar-refractivity contribution < 1.29 is 29.1 Å². The molecule has 0 heterocycles. The standard InChI is InChI=1S/C14H8FNO6S/c15-7-1-3-11(9(5-7)13(17)18)23-12-4-2-8(16(21)22)6-10(12)14(19)20/h1-6H,(H,17,18)(H,19,20). The van der Waals surface area contributed by atoms with Gasteiger partial charge in [-0.05, 0) is 24.3 Å². The quantitative estimate of drug-likeness (QED) is 0.635. The second-order valence-corrected chi connectivity index (χ2v) is 5.37. The van der Waals surface area contributed by atoms with Crippen molar-refractivity contribution in [3.63, 3.8) is 0 Å². The first-order chi connectivity index (χ1) is 10.8. The van der Waals surface area contributed by atoms with E-state index in [1.54, 1.807) is 0 Å². The first-order valence-corrected chi connectivity index (χ1v) is 6.83. The van der Waals surface area contributed by atoms with E-state index in [-0.39, 0.29) is 20.9 Å². The van der Waals surface area contributed by atoms with Gasteiger partial charge in [-0.25, -0.2) is 14.0 Å². The Hall–Kier alpha value is -2.94. The largest absolute Gasteiger partial charge is 0.478 e. The lowest BCUT2D eigenvalue weighted by Crippen LogP contribution is -2.02. The van der Waals surface area contributed by atoms with Gasteiger partial charge in [-0.3, -0.25) is 10.1 Å². The maximum Gasteiger partial charge on any atom is 0.337 e. The number of nitrogens with zero attached hydrogens (tertiary/aromatic N) is 1. The molecule has 0 radical (unpaired) electrons. The molecule has 0 spiro atoms. The maximum absolute atomic E-state index is 13.2. The fourth-order valence-electron chi connectivity index (χ4n) is 1.76. The molecular formula is C14H8FNO6S. The molecule has 0 aliphatic heterocycles. The number of carboxylic acids is 2.